The third-order valence-corrected chi connectivity index (χ3v) is 5.52. The van der Waals surface area contributed by atoms with Crippen molar-refractivity contribution < 1.29 is 14.3 Å². The molecule has 0 aromatic heterocycles. The molecule has 0 bridgehead atoms. The maximum atomic E-state index is 12.9. The van der Waals surface area contributed by atoms with Crippen molar-refractivity contribution in [1.82, 2.24) is 10.2 Å². The summed E-state index contributed by atoms with van der Waals surface area (Å²) in [4.78, 5) is 26.6. The van der Waals surface area contributed by atoms with Crippen LogP contribution < -0.4 is 5.32 Å². The van der Waals surface area contributed by atoms with Crippen molar-refractivity contribution in [2.75, 3.05) is 13.2 Å². The largest absolute Gasteiger partial charge is 0.466 e. The van der Waals surface area contributed by atoms with E-state index in [-0.39, 0.29) is 24.5 Å². The highest BCUT2D eigenvalue weighted by Gasteiger charge is 2.31. The van der Waals surface area contributed by atoms with Crippen molar-refractivity contribution in [3.8, 4) is 0 Å². The second kappa shape index (κ2) is 9.90. The summed E-state index contributed by atoms with van der Waals surface area (Å²) >= 11 is 0. The molecule has 24 heavy (non-hydrogen) atoms. The topological polar surface area (TPSA) is 58.6 Å². The molecule has 2 unspecified atom stereocenters. The summed E-state index contributed by atoms with van der Waals surface area (Å²) in [6.07, 6.45) is 10.7. The highest BCUT2D eigenvalue weighted by atomic mass is 16.5. The van der Waals surface area contributed by atoms with Crippen LogP contribution in [-0.4, -0.2) is 42.1 Å². The lowest BCUT2D eigenvalue weighted by molar-refractivity contribution is -0.143. The van der Waals surface area contributed by atoms with Gasteiger partial charge in [-0.25, -0.2) is 4.79 Å². The monoisotopic (exact) mass is 338 g/mol. The highest BCUT2D eigenvalue weighted by Crippen LogP contribution is 2.29. The summed E-state index contributed by atoms with van der Waals surface area (Å²) < 4.78 is 5.04. The first kappa shape index (κ1) is 19.1. The standard InChI is InChI=1S/C19H34N2O3/c1-3-24-18(22)13-14-21(17-12-8-7-9-15(17)2)19(23)20-16-10-5-4-6-11-16/h15-17H,3-14H2,1-2H3,(H,20,23). The Labute approximate surface area is 146 Å². The van der Waals surface area contributed by atoms with Gasteiger partial charge in [0.1, 0.15) is 0 Å². The molecule has 0 aromatic rings. The summed E-state index contributed by atoms with van der Waals surface area (Å²) in [6.45, 7) is 4.91. The van der Waals surface area contributed by atoms with Crippen molar-refractivity contribution in [3.05, 3.63) is 0 Å². The van der Waals surface area contributed by atoms with E-state index in [0.717, 1.165) is 25.7 Å². The number of nitrogens with zero attached hydrogens (tertiary/aromatic N) is 1. The number of carbonyl (C=O) groups excluding carboxylic acids is 2. The van der Waals surface area contributed by atoms with Crippen molar-refractivity contribution in [3.63, 3.8) is 0 Å². The Morgan fingerprint density at radius 2 is 1.71 bits per heavy atom. The van der Waals surface area contributed by atoms with Crippen LogP contribution in [0.2, 0.25) is 0 Å². The van der Waals surface area contributed by atoms with Gasteiger partial charge in [0.05, 0.1) is 13.0 Å². The SMILES string of the molecule is CCOC(=O)CCN(C(=O)NC1CCCCC1)C1CCCCC1C. The van der Waals surface area contributed by atoms with E-state index in [9.17, 15) is 9.59 Å². The molecule has 0 radical (unpaired) electrons. The highest BCUT2D eigenvalue weighted by molar-refractivity contribution is 5.76. The van der Waals surface area contributed by atoms with E-state index in [2.05, 4.69) is 12.2 Å². The van der Waals surface area contributed by atoms with Gasteiger partial charge in [-0.15, -0.1) is 0 Å². The summed E-state index contributed by atoms with van der Waals surface area (Å²) in [6, 6.07) is 0.567. The van der Waals surface area contributed by atoms with E-state index >= 15 is 0 Å². The van der Waals surface area contributed by atoms with Crippen LogP contribution in [0.1, 0.15) is 78.1 Å². The number of rotatable bonds is 6. The Morgan fingerprint density at radius 1 is 1.04 bits per heavy atom. The molecule has 2 aliphatic carbocycles. The Morgan fingerprint density at radius 3 is 2.38 bits per heavy atom. The van der Waals surface area contributed by atoms with E-state index in [1.165, 1.54) is 32.1 Å². The lowest BCUT2D eigenvalue weighted by Gasteiger charge is -2.39. The molecular formula is C19H34N2O3. The Balaban J connectivity index is 1.97. The molecule has 0 aliphatic heterocycles. The normalized spacial score (nSPS) is 25.1. The van der Waals surface area contributed by atoms with Gasteiger partial charge in [-0.05, 0) is 38.5 Å². The van der Waals surface area contributed by atoms with E-state index in [4.69, 9.17) is 4.74 Å². The van der Waals surface area contributed by atoms with Gasteiger partial charge in [-0.3, -0.25) is 4.79 Å². The van der Waals surface area contributed by atoms with Crippen LogP contribution in [0.5, 0.6) is 0 Å². The Hall–Kier alpha value is -1.26. The molecule has 0 spiro atoms. The van der Waals surface area contributed by atoms with Crippen LogP contribution in [-0.2, 0) is 9.53 Å². The van der Waals surface area contributed by atoms with Crippen LogP contribution in [0.25, 0.3) is 0 Å². The van der Waals surface area contributed by atoms with Crippen LogP contribution in [0.4, 0.5) is 4.79 Å². The number of esters is 1. The van der Waals surface area contributed by atoms with Crippen LogP contribution in [0.3, 0.4) is 0 Å². The number of urea groups is 1. The fourth-order valence-electron chi connectivity index (χ4n) is 4.13. The van der Waals surface area contributed by atoms with Gasteiger partial charge in [-0.2, -0.15) is 0 Å². The maximum Gasteiger partial charge on any atom is 0.317 e. The summed E-state index contributed by atoms with van der Waals surface area (Å²) in [7, 11) is 0. The minimum absolute atomic E-state index is 0.0185. The molecule has 0 heterocycles. The summed E-state index contributed by atoms with van der Waals surface area (Å²) in [5.41, 5.74) is 0. The number of hydrogen-bond acceptors (Lipinski definition) is 3. The minimum atomic E-state index is -0.212. The molecule has 0 saturated heterocycles. The first-order valence-corrected chi connectivity index (χ1v) is 9.84. The first-order chi connectivity index (χ1) is 11.6. The smallest absolute Gasteiger partial charge is 0.317 e. The lowest BCUT2D eigenvalue weighted by atomic mass is 9.85. The molecule has 2 rings (SSSR count). The van der Waals surface area contributed by atoms with Gasteiger partial charge in [0.2, 0.25) is 0 Å². The van der Waals surface area contributed by atoms with Gasteiger partial charge in [0, 0.05) is 18.6 Å². The van der Waals surface area contributed by atoms with E-state index in [1.807, 2.05) is 11.8 Å². The van der Waals surface area contributed by atoms with Crippen LogP contribution >= 0.6 is 0 Å². The number of ether oxygens (including phenoxy) is 1. The van der Waals surface area contributed by atoms with E-state index in [1.54, 1.807) is 0 Å². The quantitative estimate of drug-likeness (QED) is 0.748. The molecule has 2 fully saturated rings. The van der Waals surface area contributed by atoms with Crippen LogP contribution in [0.15, 0.2) is 0 Å². The van der Waals surface area contributed by atoms with E-state index in [0.29, 0.717) is 25.1 Å². The third-order valence-electron chi connectivity index (χ3n) is 5.52. The maximum absolute atomic E-state index is 12.9. The van der Waals surface area contributed by atoms with Crippen molar-refractivity contribution >= 4 is 12.0 Å². The molecule has 2 aliphatic rings. The third kappa shape index (κ3) is 5.67. The first-order valence-electron chi connectivity index (χ1n) is 9.84. The Kier molecular flexibility index (Phi) is 7.86. The van der Waals surface area contributed by atoms with Crippen LogP contribution in [0, 0.1) is 5.92 Å². The fraction of sp³-hybridized carbons (Fsp3) is 0.895. The molecule has 1 N–H and O–H groups in total. The summed E-state index contributed by atoms with van der Waals surface area (Å²) in [5.74, 6) is 0.287. The average Bonchev–Trinajstić information content (AvgIpc) is 2.58. The predicted molar refractivity (Wildman–Crippen MR) is 94.8 cm³/mol. The molecule has 2 atom stereocenters. The molecule has 0 aromatic carbocycles. The van der Waals surface area contributed by atoms with E-state index < -0.39 is 0 Å². The number of carbonyl (C=O) groups is 2. The zero-order valence-corrected chi connectivity index (χ0v) is 15.4. The second-order valence-corrected chi connectivity index (χ2v) is 7.36. The molecule has 2 saturated carbocycles. The van der Waals surface area contributed by atoms with Gasteiger partial charge < -0.3 is 15.0 Å². The van der Waals surface area contributed by atoms with Crippen molar-refractivity contribution in [2.45, 2.75) is 90.1 Å². The fourth-order valence-corrected chi connectivity index (χ4v) is 4.13. The average molecular weight is 338 g/mol. The number of amides is 2. The molecule has 5 nitrogen and oxygen atoms in total. The molecular weight excluding hydrogens is 304 g/mol. The van der Waals surface area contributed by atoms with Gasteiger partial charge in [0.15, 0.2) is 0 Å². The van der Waals surface area contributed by atoms with Gasteiger partial charge in [-0.1, -0.05) is 39.0 Å². The van der Waals surface area contributed by atoms with Gasteiger partial charge >= 0.3 is 12.0 Å². The lowest BCUT2D eigenvalue weighted by Crippen LogP contribution is -2.52. The van der Waals surface area contributed by atoms with Gasteiger partial charge in [0.25, 0.3) is 0 Å². The summed E-state index contributed by atoms with van der Waals surface area (Å²) in [5, 5.41) is 3.23. The predicted octanol–water partition coefficient (Wildman–Crippen LogP) is 3.86. The number of nitrogens with one attached hydrogen (secondary N) is 1. The second-order valence-electron chi connectivity index (χ2n) is 7.36. The molecule has 5 heteroatoms. The molecule has 138 valence electrons. The zero-order chi connectivity index (χ0) is 17.4. The number of hydrogen-bond donors (Lipinski definition) is 1. The van der Waals surface area contributed by atoms with Crippen molar-refractivity contribution in [2.24, 2.45) is 5.92 Å². The zero-order valence-electron chi connectivity index (χ0n) is 15.4. The Bertz CT molecular complexity index is 407. The minimum Gasteiger partial charge on any atom is -0.466 e. The molecule has 2 amide bonds. The van der Waals surface area contributed by atoms with Crippen molar-refractivity contribution in [1.29, 1.82) is 0 Å².